The number of halogens is 1. The van der Waals surface area contributed by atoms with E-state index in [9.17, 15) is 0 Å². The molecular weight excluding hydrogens is 244 g/mol. The van der Waals surface area contributed by atoms with E-state index in [4.69, 9.17) is 16.3 Å². The molecule has 2 aromatic rings. The summed E-state index contributed by atoms with van der Waals surface area (Å²) in [5.41, 5.74) is 3.68. The fourth-order valence-electron chi connectivity index (χ4n) is 1.94. The number of hydrogen-bond acceptors (Lipinski definition) is 1. The largest absolute Gasteiger partial charge is 0.497 e. The molecular formula is C16H17ClO. The highest BCUT2D eigenvalue weighted by Crippen LogP contribution is 2.23. The van der Waals surface area contributed by atoms with Crippen LogP contribution in [0.2, 0.25) is 0 Å². The average molecular weight is 261 g/mol. The first-order valence-electron chi connectivity index (χ1n) is 6.06. The van der Waals surface area contributed by atoms with Crippen LogP contribution in [0.25, 0.3) is 11.1 Å². The summed E-state index contributed by atoms with van der Waals surface area (Å²) in [6.07, 6.45) is 0.907. The van der Waals surface area contributed by atoms with Crippen LogP contribution in [0.4, 0.5) is 0 Å². The molecule has 0 fully saturated rings. The van der Waals surface area contributed by atoms with Gasteiger partial charge in [-0.05, 0) is 42.2 Å². The molecule has 0 saturated heterocycles. The van der Waals surface area contributed by atoms with Crippen molar-refractivity contribution in [3.05, 3.63) is 54.1 Å². The molecule has 0 aliphatic heterocycles. The van der Waals surface area contributed by atoms with E-state index in [1.807, 2.05) is 19.1 Å². The second-order valence-corrected chi connectivity index (χ2v) is 5.16. The minimum absolute atomic E-state index is 0.178. The molecule has 94 valence electrons. The van der Waals surface area contributed by atoms with Crippen molar-refractivity contribution in [2.45, 2.75) is 18.7 Å². The molecule has 0 aliphatic rings. The van der Waals surface area contributed by atoms with Crippen molar-refractivity contribution >= 4 is 11.6 Å². The van der Waals surface area contributed by atoms with Crippen LogP contribution in [0.5, 0.6) is 5.75 Å². The van der Waals surface area contributed by atoms with Crippen molar-refractivity contribution in [2.75, 3.05) is 7.11 Å². The van der Waals surface area contributed by atoms with Crippen LogP contribution in [0.1, 0.15) is 12.5 Å². The summed E-state index contributed by atoms with van der Waals surface area (Å²) in [5, 5.41) is 0.178. The standard InChI is InChI=1S/C16H17ClO/c1-12(17)11-13-3-5-14(6-4-13)15-7-9-16(18-2)10-8-15/h3-10,12H,11H2,1-2H3. The molecule has 2 heteroatoms. The summed E-state index contributed by atoms with van der Waals surface area (Å²) < 4.78 is 5.15. The zero-order valence-electron chi connectivity index (χ0n) is 10.7. The maximum Gasteiger partial charge on any atom is 0.118 e. The molecule has 0 heterocycles. The molecule has 0 spiro atoms. The van der Waals surface area contributed by atoms with Gasteiger partial charge in [-0.25, -0.2) is 0 Å². The first-order valence-corrected chi connectivity index (χ1v) is 6.50. The quantitative estimate of drug-likeness (QED) is 0.734. The first-order chi connectivity index (χ1) is 8.69. The Morgan fingerprint density at radius 2 is 1.44 bits per heavy atom. The van der Waals surface area contributed by atoms with Crippen molar-refractivity contribution in [1.82, 2.24) is 0 Å². The van der Waals surface area contributed by atoms with Gasteiger partial charge in [0.1, 0.15) is 5.75 Å². The zero-order valence-corrected chi connectivity index (χ0v) is 11.4. The van der Waals surface area contributed by atoms with Gasteiger partial charge >= 0.3 is 0 Å². The van der Waals surface area contributed by atoms with Crippen LogP contribution in [-0.4, -0.2) is 12.5 Å². The third kappa shape index (κ3) is 3.27. The highest BCUT2D eigenvalue weighted by atomic mass is 35.5. The normalized spacial score (nSPS) is 12.2. The van der Waals surface area contributed by atoms with Gasteiger partial charge in [0.05, 0.1) is 7.11 Å². The number of methoxy groups -OCH3 is 1. The number of benzene rings is 2. The molecule has 0 bridgehead atoms. The third-order valence-electron chi connectivity index (χ3n) is 2.89. The summed E-state index contributed by atoms with van der Waals surface area (Å²) in [5.74, 6) is 0.881. The van der Waals surface area contributed by atoms with E-state index in [1.54, 1.807) is 7.11 Å². The van der Waals surface area contributed by atoms with Gasteiger partial charge in [0.25, 0.3) is 0 Å². The van der Waals surface area contributed by atoms with Gasteiger partial charge < -0.3 is 4.74 Å². The first kappa shape index (κ1) is 13.0. The Morgan fingerprint density at radius 3 is 1.89 bits per heavy atom. The minimum atomic E-state index is 0.178. The molecule has 2 rings (SSSR count). The summed E-state index contributed by atoms with van der Waals surface area (Å²) in [6.45, 7) is 2.01. The van der Waals surface area contributed by atoms with Crippen LogP contribution >= 0.6 is 11.6 Å². The van der Waals surface area contributed by atoms with E-state index in [2.05, 4.69) is 36.4 Å². The van der Waals surface area contributed by atoms with E-state index in [0.717, 1.165) is 12.2 Å². The maximum absolute atomic E-state index is 5.99. The van der Waals surface area contributed by atoms with Crippen LogP contribution in [0.15, 0.2) is 48.5 Å². The second kappa shape index (κ2) is 5.92. The van der Waals surface area contributed by atoms with Crippen LogP contribution in [-0.2, 0) is 6.42 Å². The molecule has 0 aromatic heterocycles. The van der Waals surface area contributed by atoms with E-state index >= 15 is 0 Å². The monoisotopic (exact) mass is 260 g/mol. The SMILES string of the molecule is COc1ccc(-c2ccc(CC(C)Cl)cc2)cc1. The van der Waals surface area contributed by atoms with E-state index in [-0.39, 0.29) is 5.38 Å². The predicted octanol–water partition coefficient (Wildman–Crippen LogP) is 4.53. The zero-order chi connectivity index (χ0) is 13.0. The topological polar surface area (TPSA) is 9.23 Å². The number of rotatable bonds is 4. The van der Waals surface area contributed by atoms with Crippen LogP contribution in [0.3, 0.4) is 0 Å². The number of ether oxygens (including phenoxy) is 1. The van der Waals surface area contributed by atoms with Crippen molar-refractivity contribution in [1.29, 1.82) is 0 Å². The molecule has 0 amide bonds. The molecule has 18 heavy (non-hydrogen) atoms. The van der Waals surface area contributed by atoms with Crippen molar-refractivity contribution in [3.63, 3.8) is 0 Å². The van der Waals surface area contributed by atoms with Crippen molar-refractivity contribution in [2.24, 2.45) is 0 Å². The summed E-state index contributed by atoms with van der Waals surface area (Å²) in [7, 11) is 1.68. The molecule has 0 saturated carbocycles. The Hall–Kier alpha value is -1.47. The Bertz CT molecular complexity index is 486. The molecule has 2 aromatic carbocycles. The van der Waals surface area contributed by atoms with Gasteiger partial charge in [-0.3, -0.25) is 0 Å². The third-order valence-corrected chi connectivity index (χ3v) is 3.05. The van der Waals surface area contributed by atoms with E-state index < -0.39 is 0 Å². The van der Waals surface area contributed by atoms with Gasteiger partial charge in [-0.2, -0.15) is 0 Å². The van der Waals surface area contributed by atoms with Gasteiger partial charge in [0.2, 0.25) is 0 Å². The number of hydrogen-bond donors (Lipinski definition) is 0. The Kier molecular flexibility index (Phi) is 4.27. The highest BCUT2D eigenvalue weighted by molar-refractivity contribution is 6.20. The lowest BCUT2D eigenvalue weighted by Crippen LogP contribution is -1.96. The highest BCUT2D eigenvalue weighted by Gasteiger charge is 2.01. The van der Waals surface area contributed by atoms with Gasteiger partial charge in [-0.1, -0.05) is 36.4 Å². The van der Waals surface area contributed by atoms with E-state index in [1.165, 1.54) is 16.7 Å². The van der Waals surface area contributed by atoms with Crippen LogP contribution < -0.4 is 4.74 Å². The molecule has 1 nitrogen and oxygen atoms in total. The summed E-state index contributed by atoms with van der Waals surface area (Å²) in [6, 6.07) is 16.6. The predicted molar refractivity (Wildman–Crippen MR) is 77.4 cm³/mol. The van der Waals surface area contributed by atoms with Crippen molar-refractivity contribution < 1.29 is 4.74 Å². The molecule has 1 unspecified atom stereocenters. The maximum atomic E-state index is 5.99. The molecule has 0 aliphatic carbocycles. The Balaban J connectivity index is 2.17. The van der Waals surface area contributed by atoms with Crippen molar-refractivity contribution in [3.8, 4) is 16.9 Å². The lowest BCUT2D eigenvalue weighted by molar-refractivity contribution is 0.415. The lowest BCUT2D eigenvalue weighted by atomic mass is 10.0. The smallest absolute Gasteiger partial charge is 0.118 e. The Morgan fingerprint density at radius 1 is 0.944 bits per heavy atom. The summed E-state index contributed by atoms with van der Waals surface area (Å²) >= 11 is 5.99. The van der Waals surface area contributed by atoms with Crippen LogP contribution in [0, 0.1) is 0 Å². The fraction of sp³-hybridized carbons (Fsp3) is 0.250. The van der Waals surface area contributed by atoms with E-state index in [0.29, 0.717) is 0 Å². The van der Waals surface area contributed by atoms with Gasteiger partial charge in [-0.15, -0.1) is 11.6 Å². The Labute approximate surface area is 113 Å². The fourth-order valence-corrected chi connectivity index (χ4v) is 2.12. The van der Waals surface area contributed by atoms with Gasteiger partial charge in [0, 0.05) is 5.38 Å². The van der Waals surface area contributed by atoms with Gasteiger partial charge in [0.15, 0.2) is 0 Å². The molecule has 1 atom stereocenters. The average Bonchev–Trinajstić information content (AvgIpc) is 2.39. The summed E-state index contributed by atoms with van der Waals surface area (Å²) in [4.78, 5) is 0. The lowest BCUT2D eigenvalue weighted by Gasteiger charge is -2.06. The second-order valence-electron chi connectivity index (χ2n) is 4.41. The molecule has 0 radical (unpaired) electrons. The number of alkyl halides is 1. The molecule has 0 N–H and O–H groups in total. The minimum Gasteiger partial charge on any atom is -0.497 e.